The fourth-order valence-corrected chi connectivity index (χ4v) is 2.99. The normalized spacial score (nSPS) is 10.7. The van der Waals surface area contributed by atoms with Gasteiger partial charge in [0.15, 0.2) is 6.61 Å². The van der Waals surface area contributed by atoms with E-state index in [0.29, 0.717) is 10.2 Å². The van der Waals surface area contributed by atoms with Crippen molar-refractivity contribution in [2.24, 2.45) is 5.10 Å². The molecule has 2 N–H and O–H groups in total. The van der Waals surface area contributed by atoms with Crippen LogP contribution in [-0.4, -0.2) is 28.8 Å². The summed E-state index contributed by atoms with van der Waals surface area (Å²) in [6, 6.07) is 8.03. The molecule has 0 radical (unpaired) electrons. The Kier molecular flexibility index (Phi) is 6.70. The van der Waals surface area contributed by atoms with E-state index in [0.717, 1.165) is 16.3 Å². The van der Waals surface area contributed by atoms with Crippen LogP contribution in [-0.2, 0) is 4.79 Å². The number of carbonyl (C=O) groups excluding carboxylic acids is 1. The molecule has 0 fully saturated rings. The van der Waals surface area contributed by atoms with Crippen LogP contribution in [0.2, 0.25) is 0 Å². The number of hydrazone groups is 1. The Labute approximate surface area is 165 Å². The van der Waals surface area contributed by atoms with E-state index in [4.69, 9.17) is 4.74 Å². The second-order valence-electron chi connectivity index (χ2n) is 5.14. The third kappa shape index (κ3) is 5.27. The van der Waals surface area contributed by atoms with Crippen LogP contribution in [0.25, 0.3) is 0 Å². The molecule has 2 aromatic rings. The van der Waals surface area contributed by atoms with Crippen LogP contribution in [0.4, 0.5) is 5.69 Å². The van der Waals surface area contributed by atoms with Crippen LogP contribution in [0.1, 0.15) is 11.1 Å². The number of phenolic OH excluding ortho intramolecular Hbond substituents is 1. The van der Waals surface area contributed by atoms with E-state index in [1.807, 2.05) is 19.1 Å². The summed E-state index contributed by atoms with van der Waals surface area (Å²) in [5.41, 5.74) is 2.87. The van der Waals surface area contributed by atoms with Crippen molar-refractivity contribution in [2.75, 3.05) is 6.61 Å². The average molecular weight is 487 g/mol. The predicted octanol–water partition coefficient (Wildman–Crippen LogP) is 3.66. The lowest BCUT2D eigenvalue weighted by molar-refractivity contribution is -0.385. The van der Waals surface area contributed by atoms with Gasteiger partial charge in [0.1, 0.15) is 5.75 Å². The van der Waals surface area contributed by atoms with Gasteiger partial charge in [-0.05, 0) is 46.6 Å². The lowest BCUT2D eigenvalue weighted by atomic mass is 10.2. The Morgan fingerprint density at radius 3 is 2.77 bits per heavy atom. The molecule has 1 amide bonds. The molecule has 2 rings (SSSR count). The maximum absolute atomic E-state index is 11.8. The van der Waals surface area contributed by atoms with Gasteiger partial charge in [-0.25, -0.2) is 5.43 Å². The molecule has 136 valence electrons. The van der Waals surface area contributed by atoms with E-state index >= 15 is 0 Å². The molecule has 0 atom stereocenters. The number of phenols is 1. The van der Waals surface area contributed by atoms with Crippen molar-refractivity contribution in [2.45, 2.75) is 6.92 Å². The van der Waals surface area contributed by atoms with Gasteiger partial charge in [-0.1, -0.05) is 22.0 Å². The number of benzene rings is 2. The van der Waals surface area contributed by atoms with Crippen LogP contribution in [0, 0.1) is 17.0 Å². The Morgan fingerprint density at radius 2 is 2.12 bits per heavy atom. The van der Waals surface area contributed by atoms with Crippen molar-refractivity contribution in [3.63, 3.8) is 0 Å². The molecule has 2 aromatic carbocycles. The highest BCUT2D eigenvalue weighted by Gasteiger charge is 2.17. The Hall–Kier alpha value is -2.46. The van der Waals surface area contributed by atoms with Gasteiger partial charge in [0.05, 0.1) is 15.6 Å². The lowest BCUT2D eigenvalue weighted by Crippen LogP contribution is -2.24. The smallest absolute Gasteiger partial charge is 0.312 e. The third-order valence-electron chi connectivity index (χ3n) is 3.12. The molecule has 0 saturated carbocycles. The second-order valence-corrected chi connectivity index (χ2v) is 6.91. The van der Waals surface area contributed by atoms with Crippen molar-refractivity contribution in [3.8, 4) is 11.5 Å². The van der Waals surface area contributed by atoms with E-state index < -0.39 is 22.3 Å². The number of aryl methyl sites for hydroxylation is 1. The summed E-state index contributed by atoms with van der Waals surface area (Å²) in [6.45, 7) is 1.65. The molecular weight excluding hydrogens is 474 g/mol. The molecule has 0 unspecified atom stereocenters. The number of aromatic hydroxyl groups is 1. The molecule has 0 aliphatic heterocycles. The van der Waals surface area contributed by atoms with E-state index in [1.165, 1.54) is 12.1 Å². The quantitative estimate of drug-likeness (QED) is 0.367. The van der Waals surface area contributed by atoms with Gasteiger partial charge < -0.3 is 9.84 Å². The number of nitro groups is 1. The summed E-state index contributed by atoms with van der Waals surface area (Å²) in [5.74, 6) is -0.566. The van der Waals surface area contributed by atoms with E-state index in [1.54, 1.807) is 6.07 Å². The summed E-state index contributed by atoms with van der Waals surface area (Å²) in [7, 11) is 0. The maximum Gasteiger partial charge on any atom is 0.312 e. The number of ether oxygens (including phenoxy) is 1. The Morgan fingerprint density at radius 1 is 1.38 bits per heavy atom. The molecular formula is C16H13Br2N3O5. The van der Waals surface area contributed by atoms with Crippen molar-refractivity contribution < 1.29 is 19.6 Å². The van der Waals surface area contributed by atoms with E-state index in [9.17, 15) is 20.0 Å². The highest BCUT2D eigenvalue weighted by atomic mass is 79.9. The van der Waals surface area contributed by atoms with Crippen molar-refractivity contribution in [1.82, 2.24) is 5.43 Å². The molecule has 0 aliphatic rings. The first-order chi connectivity index (χ1) is 12.3. The van der Waals surface area contributed by atoms with Gasteiger partial charge in [-0.15, -0.1) is 0 Å². The van der Waals surface area contributed by atoms with Crippen molar-refractivity contribution in [1.29, 1.82) is 0 Å². The van der Waals surface area contributed by atoms with Crippen LogP contribution >= 0.6 is 31.9 Å². The monoisotopic (exact) mass is 485 g/mol. The van der Waals surface area contributed by atoms with E-state index in [-0.39, 0.29) is 12.2 Å². The SMILES string of the molecule is Cc1ccc(OCC(=O)N/N=C/c2cc(Br)cc([N+](=O)[O-])c2O)c(Br)c1. The Bertz CT molecular complexity index is 886. The minimum Gasteiger partial charge on any atom is -0.502 e. The zero-order valence-corrected chi connectivity index (χ0v) is 16.6. The number of carbonyl (C=O) groups is 1. The largest absolute Gasteiger partial charge is 0.502 e. The topological polar surface area (TPSA) is 114 Å². The van der Waals surface area contributed by atoms with Gasteiger partial charge in [0.25, 0.3) is 5.91 Å². The molecule has 8 nitrogen and oxygen atoms in total. The summed E-state index contributed by atoms with van der Waals surface area (Å²) < 4.78 is 6.48. The first-order valence-electron chi connectivity index (χ1n) is 7.15. The molecule has 0 heterocycles. The third-order valence-corrected chi connectivity index (χ3v) is 4.20. The van der Waals surface area contributed by atoms with Crippen LogP contribution < -0.4 is 10.2 Å². The first kappa shape index (κ1) is 19.9. The van der Waals surface area contributed by atoms with Gasteiger partial charge in [0.2, 0.25) is 5.75 Å². The van der Waals surface area contributed by atoms with Gasteiger partial charge in [-0.3, -0.25) is 14.9 Å². The van der Waals surface area contributed by atoms with Gasteiger partial charge in [0, 0.05) is 16.1 Å². The molecule has 0 bridgehead atoms. The number of amides is 1. The highest BCUT2D eigenvalue weighted by molar-refractivity contribution is 9.10. The minimum atomic E-state index is -0.719. The first-order valence-corrected chi connectivity index (χ1v) is 8.74. The molecule has 0 aromatic heterocycles. The molecule has 0 aliphatic carbocycles. The van der Waals surface area contributed by atoms with Gasteiger partial charge >= 0.3 is 5.69 Å². The number of nitrogens with one attached hydrogen (secondary N) is 1. The summed E-state index contributed by atoms with van der Waals surface area (Å²) >= 11 is 6.45. The standard InChI is InChI=1S/C16H13Br2N3O5/c1-9-2-3-14(12(18)4-9)26-8-15(22)20-19-7-10-5-11(17)6-13(16(10)23)21(24)25/h2-7,23H,8H2,1H3,(H,20,22)/b19-7+. The zero-order chi connectivity index (χ0) is 19.3. The molecule has 0 saturated heterocycles. The highest BCUT2D eigenvalue weighted by Crippen LogP contribution is 2.32. The van der Waals surface area contributed by atoms with Crippen molar-refractivity contribution in [3.05, 3.63) is 60.5 Å². The molecule has 0 spiro atoms. The van der Waals surface area contributed by atoms with Gasteiger partial charge in [-0.2, -0.15) is 5.10 Å². The molecule has 26 heavy (non-hydrogen) atoms. The average Bonchev–Trinajstić information content (AvgIpc) is 2.56. The fraction of sp³-hybridized carbons (Fsp3) is 0.125. The Balaban J connectivity index is 1.98. The number of rotatable bonds is 6. The minimum absolute atomic E-state index is 0.0774. The fourth-order valence-electron chi connectivity index (χ4n) is 1.92. The zero-order valence-electron chi connectivity index (χ0n) is 13.4. The number of halogens is 2. The number of nitro benzene ring substituents is 1. The summed E-state index contributed by atoms with van der Waals surface area (Å²) in [6.07, 6.45) is 1.10. The predicted molar refractivity (Wildman–Crippen MR) is 103 cm³/mol. The molecule has 10 heteroatoms. The second kappa shape index (κ2) is 8.77. The number of hydrogen-bond acceptors (Lipinski definition) is 6. The summed E-state index contributed by atoms with van der Waals surface area (Å²) in [5, 5.41) is 24.4. The number of nitrogens with zero attached hydrogens (tertiary/aromatic N) is 2. The van der Waals surface area contributed by atoms with E-state index in [2.05, 4.69) is 42.4 Å². The maximum atomic E-state index is 11.8. The van der Waals surface area contributed by atoms with Crippen molar-refractivity contribution >= 4 is 49.7 Å². The number of hydrogen-bond donors (Lipinski definition) is 2. The lowest BCUT2D eigenvalue weighted by Gasteiger charge is -2.07. The van der Waals surface area contributed by atoms with Crippen LogP contribution in [0.3, 0.4) is 0 Å². The summed E-state index contributed by atoms with van der Waals surface area (Å²) in [4.78, 5) is 21.9. The van der Waals surface area contributed by atoms with Crippen LogP contribution in [0.5, 0.6) is 11.5 Å². The van der Waals surface area contributed by atoms with Crippen LogP contribution in [0.15, 0.2) is 44.4 Å².